The van der Waals surface area contributed by atoms with Crippen molar-refractivity contribution in [1.29, 1.82) is 0 Å². The van der Waals surface area contributed by atoms with E-state index in [4.69, 9.17) is 0 Å². The molecule has 0 saturated carbocycles. The van der Waals surface area contributed by atoms with Crippen LogP contribution in [-0.2, 0) is 6.54 Å². The fourth-order valence-corrected chi connectivity index (χ4v) is 1.23. The van der Waals surface area contributed by atoms with Crippen LogP contribution in [0.1, 0.15) is 11.1 Å². The average molecular weight is 217 g/mol. The van der Waals surface area contributed by atoms with E-state index in [1.165, 1.54) is 6.07 Å². The summed E-state index contributed by atoms with van der Waals surface area (Å²) in [5, 5.41) is 10.3. The summed E-state index contributed by atoms with van der Waals surface area (Å²) in [5.74, 6) is -0.107. The first-order chi connectivity index (χ1) is 7.00. The molecular formula is C9H9F2NO3. The van der Waals surface area contributed by atoms with Crippen LogP contribution < -0.4 is 4.74 Å². The van der Waals surface area contributed by atoms with Crippen LogP contribution in [-0.4, -0.2) is 11.5 Å². The fourth-order valence-electron chi connectivity index (χ4n) is 1.23. The molecule has 0 aliphatic heterocycles. The highest BCUT2D eigenvalue weighted by Gasteiger charge is 2.15. The molecule has 0 N–H and O–H groups in total. The molecule has 0 fully saturated rings. The first-order valence-electron chi connectivity index (χ1n) is 4.16. The molecule has 0 aliphatic carbocycles. The second-order valence-electron chi connectivity index (χ2n) is 2.93. The van der Waals surface area contributed by atoms with Crippen LogP contribution in [0.4, 0.5) is 8.78 Å². The molecule has 0 bridgehead atoms. The van der Waals surface area contributed by atoms with Gasteiger partial charge in [0, 0.05) is 4.92 Å². The number of aryl methyl sites for hydroxylation is 1. The maximum absolute atomic E-state index is 12.0. The minimum Gasteiger partial charge on any atom is -0.434 e. The standard InChI is InChI=1S/C9H9F2NO3/c1-6-3-2-4-7(5-12(13)14)8(6)15-9(10)11/h2-4,9H,5H2,1H3. The van der Waals surface area contributed by atoms with Crippen LogP contribution in [0.25, 0.3) is 0 Å². The number of rotatable bonds is 4. The molecule has 0 heterocycles. The Kier molecular flexibility index (Phi) is 3.54. The summed E-state index contributed by atoms with van der Waals surface area (Å²) in [7, 11) is 0. The van der Waals surface area contributed by atoms with Gasteiger partial charge in [-0.25, -0.2) is 0 Å². The van der Waals surface area contributed by atoms with Gasteiger partial charge in [0.05, 0.1) is 5.56 Å². The quantitative estimate of drug-likeness (QED) is 0.574. The second kappa shape index (κ2) is 4.68. The Labute approximate surface area is 84.6 Å². The Morgan fingerprint density at radius 3 is 2.73 bits per heavy atom. The van der Waals surface area contributed by atoms with Crippen molar-refractivity contribution in [3.63, 3.8) is 0 Å². The van der Waals surface area contributed by atoms with Crippen molar-refractivity contribution < 1.29 is 18.4 Å². The molecule has 4 nitrogen and oxygen atoms in total. The monoisotopic (exact) mass is 217 g/mol. The molecule has 1 aromatic rings. The number of hydrogen-bond acceptors (Lipinski definition) is 3. The highest BCUT2D eigenvalue weighted by atomic mass is 19.3. The first-order valence-corrected chi connectivity index (χ1v) is 4.16. The molecule has 0 saturated heterocycles. The molecule has 0 amide bonds. The highest BCUT2D eigenvalue weighted by Crippen LogP contribution is 2.25. The van der Waals surface area contributed by atoms with Crippen LogP contribution in [0.5, 0.6) is 5.75 Å². The third kappa shape index (κ3) is 3.16. The van der Waals surface area contributed by atoms with Crippen molar-refractivity contribution in [2.75, 3.05) is 0 Å². The summed E-state index contributed by atoms with van der Waals surface area (Å²) in [6.45, 7) is -1.94. The van der Waals surface area contributed by atoms with Gasteiger partial charge in [-0.15, -0.1) is 0 Å². The summed E-state index contributed by atoms with van der Waals surface area (Å²) in [4.78, 5) is 9.69. The van der Waals surface area contributed by atoms with Gasteiger partial charge in [0.1, 0.15) is 5.75 Å². The molecule has 0 radical (unpaired) electrons. The van der Waals surface area contributed by atoms with E-state index in [2.05, 4.69) is 4.74 Å². The van der Waals surface area contributed by atoms with Crippen molar-refractivity contribution in [1.82, 2.24) is 0 Å². The minimum atomic E-state index is -2.98. The van der Waals surface area contributed by atoms with E-state index in [1.54, 1.807) is 19.1 Å². The van der Waals surface area contributed by atoms with Gasteiger partial charge in [0.15, 0.2) is 0 Å². The zero-order valence-corrected chi connectivity index (χ0v) is 7.94. The summed E-state index contributed by atoms with van der Waals surface area (Å²) in [5.41, 5.74) is 0.606. The van der Waals surface area contributed by atoms with Crippen LogP contribution in [0.3, 0.4) is 0 Å². The molecule has 1 aromatic carbocycles. The number of benzene rings is 1. The third-order valence-corrected chi connectivity index (χ3v) is 1.80. The average Bonchev–Trinajstić information content (AvgIpc) is 2.09. The number of para-hydroxylation sites is 1. The number of alkyl halides is 2. The van der Waals surface area contributed by atoms with Gasteiger partial charge in [0.2, 0.25) is 6.54 Å². The topological polar surface area (TPSA) is 52.4 Å². The van der Waals surface area contributed by atoms with Crippen LogP contribution >= 0.6 is 0 Å². The molecule has 6 heteroatoms. The van der Waals surface area contributed by atoms with Gasteiger partial charge in [-0.05, 0) is 18.6 Å². The number of nitro groups is 1. The smallest absolute Gasteiger partial charge is 0.387 e. The lowest BCUT2D eigenvalue weighted by molar-refractivity contribution is -0.497. The molecule has 0 atom stereocenters. The van der Waals surface area contributed by atoms with Crippen molar-refractivity contribution in [3.8, 4) is 5.75 Å². The number of ether oxygens (including phenoxy) is 1. The van der Waals surface area contributed by atoms with Gasteiger partial charge in [-0.1, -0.05) is 12.1 Å². The number of nitrogens with zero attached hydrogens (tertiary/aromatic N) is 1. The summed E-state index contributed by atoms with van der Waals surface area (Å²) in [6.07, 6.45) is 0. The summed E-state index contributed by atoms with van der Waals surface area (Å²) in [6, 6.07) is 4.52. The molecule has 15 heavy (non-hydrogen) atoms. The Morgan fingerprint density at radius 1 is 1.53 bits per heavy atom. The lowest BCUT2D eigenvalue weighted by Crippen LogP contribution is -2.08. The molecule has 0 unspecified atom stereocenters. The van der Waals surface area contributed by atoms with E-state index in [0.29, 0.717) is 5.56 Å². The lowest BCUT2D eigenvalue weighted by Gasteiger charge is -2.10. The maximum atomic E-state index is 12.0. The lowest BCUT2D eigenvalue weighted by atomic mass is 10.1. The molecular weight excluding hydrogens is 208 g/mol. The molecule has 0 aromatic heterocycles. The van der Waals surface area contributed by atoms with E-state index < -0.39 is 18.1 Å². The van der Waals surface area contributed by atoms with Gasteiger partial charge < -0.3 is 4.74 Å². The van der Waals surface area contributed by atoms with E-state index in [9.17, 15) is 18.9 Å². The van der Waals surface area contributed by atoms with Crippen LogP contribution in [0, 0.1) is 17.0 Å². The first kappa shape index (κ1) is 11.4. The normalized spacial score (nSPS) is 10.4. The molecule has 1 rings (SSSR count). The summed E-state index contributed by atoms with van der Waals surface area (Å²) >= 11 is 0. The molecule has 0 aliphatic rings. The predicted octanol–water partition coefficient (Wildman–Crippen LogP) is 2.37. The van der Waals surface area contributed by atoms with Crippen LogP contribution in [0.2, 0.25) is 0 Å². The predicted molar refractivity (Wildman–Crippen MR) is 48.5 cm³/mol. The maximum Gasteiger partial charge on any atom is 0.387 e. The Bertz CT molecular complexity index is 368. The zero-order chi connectivity index (χ0) is 11.4. The second-order valence-corrected chi connectivity index (χ2v) is 2.93. The van der Waals surface area contributed by atoms with Crippen LogP contribution in [0.15, 0.2) is 18.2 Å². The van der Waals surface area contributed by atoms with Gasteiger partial charge >= 0.3 is 6.61 Å². The number of halogens is 2. The SMILES string of the molecule is Cc1cccc(C[N+](=O)[O-])c1OC(F)F. The fraction of sp³-hybridized carbons (Fsp3) is 0.333. The minimum absolute atomic E-state index is 0.107. The van der Waals surface area contributed by atoms with Crippen molar-refractivity contribution >= 4 is 0 Å². The third-order valence-electron chi connectivity index (χ3n) is 1.80. The van der Waals surface area contributed by atoms with Crippen molar-refractivity contribution in [2.24, 2.45) is 0 Å². The van der Waals surface area contributed by atoms with Gasteiger partial charge in [-0.2, -0.15) is 8.78 Å². The summed E-state index contributed by atoms with van der Waals surface area (Å²) < 4.78 is 28.3. The van der Waals surface area contributed by atoms with E-state index in [-0.39, 0.29) is 11.3 Å². The van der Waals surface area contributed by atoms with Crippen molar-refractivity contribution in [3.05, 3.63) is 39.4 Å². The Balaban J connectivity index is 3.02. The Hall–Kier alpha value is -1.72. The zero-order valence-electron chi connectivity index (χ0n) is 7.94. The van der Waals surface area contributed by atoms with Crippen molar-refractivity contribution in [2.45, 2.75) is 20.1 Å². The molecule has 0 spiro atoms. The highest BCUT2D eigenvalue weighted by molar-refractivity contribution is 5.40. The van der Waals surface area contributed by atoms with E-state index in [1.807, 2.05) is 0 Å². The number of hydrogen-bond donors (Lipinski definition) is 0. The Morgan fingerprint density at radius 2 is 2.20 bits per heavy atom. The van der Waals surface area contributed by atoms with E-state index >= 15 is 0 Å². The van der Waals surface area contributed by atoms with Gasteiger partial charge in [0.25, 0.3) is 0 Å². The largest absolute Gasteiger partial charge is 0.434 e. The van der Waals surface area contributed by atoms with Gasteiger partial charge in [-0.3, -0.25) is 10.1 Å². The molecule has 82 valence electrons. The van der Waals surface area contributed by atoms with E-state index in [0.717, 1.165) is 0 Å².